The van der Waals surface area contributed by atoms with E-state index in [2.05, 4.69) is 5.16 Å². The molecule has 0 saturated heterocycles. The number of hydrogen-bond donors (Lipinski definition) is 3. The Kier molecular flexibility index (Phi) is 4.98. The highest BCUT2D eigenvalue weighted by atomic mass is 19.1. The summed E-state index contributed by atoms with van der Waals surface area (Å²) in [5.74, 6) is -0.0798. The molecule has 0 spiro atoms. The van der Waals surface area contributed by atoms with Crippen molar-refractivity contribution >= 4 is 5.84 Å². The number of halogens is 1. The monoisotopic (exact) mass is 366 g/mol. The van der Waals surface area contributed by atoms with Crippen molar-refractivity contribution in [1.29, 1.82) is 0 Å². The molecular formula is C21H19FN2O3. The van der Waals surface area contributed by atoms with Gasteiger partial charge in [0.15, 0.2) is 5.84 Å². The molecule has 3 rings (SSSR count). The first kappa shape index (κ1) is 18.3. The lowest BCUT2D eigenvalue weighted by atomic mass is 9.88. The molecule has 0 aliphatic rings. The zero-order valence-electron chi connectivity index (χ0n) is 14.9. The van der Waals surface area contributed by atoms with E-state index in [1.54, 1.807) is 19.2 Å². The lowest BCUT2D eigenvalue weighted by molar-refractivity contribution is 0.318. The number of phenols is 1. The van der Waals surface area contributed by atoms with Gasteiger partial charge in [-0.25, -0.2) is 4.39 Å². The van der Waals surface area contributed by atoms with Crippen LogP contribution in [-0.2, 0) is 0 Å². The fourth-order valence-corrected chi connectivity index (χ4v) is 3.04. The van der Waals surface area contributed by atoms with E-state index in [1.807, 2.05) is 25.1 Å². The average molecular weight is 366 g/mol. The molecule has 0 aromatic heterocycles. The molecule has 0 aliphatic heterocycles. The first-order chi connectivity index (χ1) is 12.9. The molecule has 6 heteroatoms. The summed E-state index contributed by atoms with van der Waals surface area (Å²) in [5.41, 5.74) is 9.51. The molecule has 3 aromatic carbocycles. The highest BCUT2D eigenvalue weighted by Crippen LogP contribution is 2.41. The van der Waals surface area contributed by atoms with Crippen LogP contribution in [0.4, 0.5) is 4.39 Å². The Bertz CT molecular complexity index is 1010. The third kappa shape index (κ3) is 3.55. The van der Waals surface area contributed by atoms with Gasteiger partial charge in [-0.3, -0.25) is 0 Å². The number of oxime groups is 1. The van der Waals surface area contributed by atoms with Crippen molar-refractivity contribution in [3.05, 3.63) is 71.5 Å². The number of methoxy groups -OCH3 is 1. The number of aryl methyl sites for hydroxylation is 1. The summed E-state index contributed by atoms with van der Waals surface area (Å²) < 4.78 is 19.9. The molecule has 0 fully saturated rings. The second kappa shape index (κ2) is 7.37. The maximum Gasteiger partial charge on any atom is 0.170 e. The largest absolute Gasteiger partial charge is 0.508 e. The van der Waals surface area contributed by atoms with Crippen LogP contribution in [0.1, 0.15) is 11.1 Å². The summed E-state index contributed by atoms with van der Waals surface area (Å²) in [6, 6.07) is 14.6. The molecule has 3 aromatic rings. The van der Waals surface area contributed by atoms with Gasteiger partial charge in [0.05, 0.1) is 7.11 Å². The number of nitrogens with two attached hydrogens (primary N) is 1. The summed E-state index contributed by atoms with van der Waals surface area (Å²) in [6.45, 7) is 1.93. The second-order valence-corrected chi connectivity index (χ2v) is 6.11. The van der Waals surface area contributed by atoms with Gasteiger partial charge in [0.25, 0.3) is 0 Å². The minimum absolute atomic E-state index is 0.0986. The van der Waals surface area contributed by atoms with Crippen LogP contribution in [0.25, 0.3) is 22.3 Å². The van der Waals surface area contributed by atoms with Gasteiger partial charge in [0, 0.05) is 16.7 Å². The molecule has 0 aliphatic carbocycles. The predicted octanol–water partition coefficient (Wildman–Crippen LogP) is 4.28. The summed E-state index contributed by atoms with van der Waals surface area (Å²) >= 11 is 0. The van der Waals surface area contributed by atoms with Gasteiger partial charge >= 0.3 is 0 Å². The molecule has 0 amide bonds. The van der Waals surface area contributed by atoms with Crippen LogP contribution in [0.15, 0.2) is 59.8 Å². The standard InChI is InChI=1S/C21H19FN2O3/c1-12-3-8-19(27-2)17(9-12)20-16(13-4-6-15(25)7-5-13)10-14(22)11-18(20)21(23)24-26/h3-11,25-26H,1-2H3,(H2,23,24). The fourth-order valence-electron chi connectivity index (χ4n) is 3.04. The van der Waals surface area contributed by atoms with Crippen LogP contribution < -0.4 is 10.5 Å². The topological polar surface area (TPSA) is 88.1 Å². The van der Waals surface area contributed by atoms with E-state index >= 15 is 0 Å². The molecular weight excluding hydrogens is 347 g/mol. The molecule has 0 atom stereocenters. The molecule has 0 bridgehead atoms. The Morgan fingerprint density at radius 1 is 1.04 bits per heavy atom. The molecule has 0 radical (unpaired) electrons. The van der Waals surface area contributed by atoms with E-state index in [-0.39, 0.29) is 17.1 Å². The number of phenolic OH excluding ortho intramolecular Hbond substituents is 1. The van der Waals surface area contributed by atoms with Gasteiger partial charge in [0.1, 0.15) is 17.3 Å². The van der Waals surface area contributed by atoms with E-state index in [9.17, 15) is 14.7 Å². The SMILES string of the molecule is COc1ccc(C)cc1-c1c(/C(N)=N/O)cc(F)cc1-c1ccc(O)cc1. The number of rotatable bonds is 4. The first-order valence-corrected chi connectivity index (χ1v) is 8.20. The summed E-state index contributed by atoms with van der Waals surface area (Å²) in [6.07, 6.45) is 0. The zero-order valence-corrected chi connectivity index (χ0v) is 14.9. The van der Waals surface area contributed by atoms with Gasteiger partial charge in [-0.2, -0.15) is 0 Å². The van der Waals surface area contributed by atoms with Gasteiger partial charge in [-0.05, 0) is 54.4 Å². The molecule has 27 heavy (non-hydrogen) atoms. The normalized spacial score (nSPS) is 11.4. The van der Waals surface area contributed by atoms with Crippen molar-refractivity contribution in [2.45, 2.75) is 6.92 Å². The number of hydrogen-bond acceptors (Lipinski definition) is 4. The fraction of sp³-hybridized carbons (Fsp3) is 0.0952. The van der Waals surface area contributed by atoms with Crippen LogP contribution in [-0.4, -0.2) is 23.3 Å². The maximum absolute atomic E-state index is 14.4. The van der Waals surface area contributed by atoms with Crippen LogP contribution in [0.3, 0.4) is 0 Å². The van der Waals surface area contributed by atoms with Gasteiger partial charge < -0.3 is 20.8 Å². The van der Waals surface area contributed by atoms with Gasteiger partial charge in [-0.1, -0.05) is 28.9 Å². The minimum atomic E-state index is -0.532. The van der Waals surface area contributed by atoms with Crippen molar-refractivity contribution in [3.8, 4) is 33.8 Å². The van der Waals surface area contributed by atoms with Crippen molar-refractivity contribution in [2.75, 3.05) is 7.11 Å². The van der Waals surface area contributed by atoms with E-state index in [0.717, 1.165) is 5.56 Å². The van der Waals surface area contributed by atoms with Crippen LogP contribution in [0, 0.1) is 12.7 Å². The van der Waals surface area contributed by atoms with Gasteiger partial charge in [-0.15, -0.1) is 0 Å². The second-order valence-electron chi connectivity index (χ2n) is 6.11. The molecule has 0 unspecified atom stereocenters. The molecule has 0 saturated carbocycles. The van der Waals surface area contributed by atoms with E-state index < -0.39 is 5.82 Å². The molecule has 138 valence electrons. The zero-order chi connectivity index (χ0) is 19.6. The smallest absolute Gasteiger partial charge is 0.170 e. The van der Waals surface area contributed by atoms with Crippen LogP contribution in [0.2, 0.25) is 0 Å². The first-order valence-electron chi connectivity index (χ1n) is 8.20. The van der Waals surface area contributed by atoms with Crippen LogP contribution in [0.5, 0.6) is 11.5 Å². The Morgan fingerprint density at radius 3 is 2.37 bits per heavy atom. The lowest BCUT2D eigenvalue weighted by Gasteiger charge is -2.18. The Morgan fingerprint density at radius 2 is 1.74 bits per heavy atom. The highest BCUT2D eigenvalue weighted by Gasteiger charge is 2.20. The molecule has 4 N–H and O–H groups in total. The van der Waals surface area contributed by atoms with Crippen LogP contribution >= 0.6 is 0 Å². The maximum atomic E-state index is 14.4. The molecule has 5 nitrogen and oxygen atoms in total. The van der Waals surface area contributed by atoms with E-state index in [0.29, 0.717) is 28.0 Å². The van der Waals surface area contributed by atoms with E-state index in [1.165, 1.54) is 24.3 Å². The third-order valence-electron chi connectivity index (χ3n) is 4.29. The molecule has 0 heterocycles. The summed E-state index contributed by atoms with van der Waals surface area (Å²) in [7, 11) is 1.54. The minimum Gasteiger partial charge on any atom is -0.508 e. The highest BCUT2D eigenvalue weighted by molar-refractivity contribution is 6.07. The van der Waals surface area contributed by atoms with Crippen molar-refractivity contribution in [2.24, 2.45) is 10.9 Å². The van der Waals surface area contributed by atoms with Crippen molar-refractivity contribution < 1.29 is 19.4 Å². The van der Waals surface area contributed by atoms with E-state index in [4.69, 9.17) is 10.5 Å². The Hall–Kier alpha value is -3.54. The third-order valence-corrected chi connectivity index (χ3v) is 4.29. The summed E-state index contributed by atoms with van der Waals surface area (Å²) in [5, 5.41) is 21.8. The average Bonchev–Trinajstić information content (AvgIpc) is 2.67. The summed E-state index contributed by atoms with van der Waals surface area (Å²) in [4.78, 5) is 0. The number of aromatic hydroxyl groups is 1. The number of nitrogens with zero attached hydrogens (tertiary/aromatic N) is 1. The van der Waals surface area contributed by atoms with Crippen molar-refractivity contribution in [3.63, 3.8) is 0 Å². The Labute approximate surface area is 156 Å². The van der Waals surface area contributed by atoms with Gasteiger partial charge in [0.2, 0.25) is 0 Å². The quantitative estimate of drug-likeness (QED) is 0.278. The number of amidine groups is 1. The van der Waals surface area contributed by atoms with Crippen molar-refractivity contribution in [1.82, 2.24) is 0 Å². The number of benzene rings is 3. The number of ether oxygens (including phenoxy) is 1. The predicted molar refractivity (Wildman–Crippen MR) is 103 cm³/mol. The lowest BCUT2D eigenvalue weighted by Crippen LogP contribution is -2.15. The Balaban J connectivity index is 2.43.